The van der Waals surface area contributed by atoms with Crippen LogP contribution in [0.5, 0.6) is 0 Å². The van der Waals surface area contributed by atoms with Gasteiger partial charge in [-0.1, -0.05) is 133 Å². The Morgan fingerprint density at radius 1 is 0.667 bits per heavy atom. The summed E-state index contributed by atoms with van der Waals surface area (Å²) in [5.74, 6) is -5.32. The topological polar surface area (TPSA) is 35.8 Å². The molecule has 13 heteroatoms. The van der Waals surface area contributed by atoms with Gasteiger partial charge in [0.05, 0.1) is 11.4 Å². The summed E-state index contributed by atoms with van der Waals surface area (Å²) in [5.41, 5.74) is 3.34. The minimum Gasteiger partial charge on any atom is -0.385 e. The number of allylic oxidation sites excluding steroid dienone is 1. The van der Waals surface area contributed by atoms with Crippen LogP contribution >= 0.6 is 9.24 Å². The third-order valence-corrected chi connectivity index (χ3v) is 9.19. The Labute approximate surface area is 312 Å². The summed E-state index contributed by atoms with van der Waals surface area (Å²) in [5, 5.41) is 0. The van der Waals surface area contributed by atoms with E-state index in [9.17, 15) is 30.7 Å². The lowest BCUT2D eigenvalue weighted by molar-refractivity contribution is -0.291. The summed E-state index contributed by atoms with van der Waals surface area (Å²) in [6.07, 6.45) is -5.97. The molecule has 54 heavy (non-hydrogen) atoms. The highest BCUT2D eigenvalue weighted by Gasteiger charge is 2.58. The van der Waals surface area contributed by atoms with Crippen LogP contribution in [0.4, 0.5) is 30.7 Å². The highest BCUT2D eigenvalue weighted by atomic mass is 31.0. The van der Waals surface area contributed by atoms with E-state index in [0.717, 1.165) is 22.3 Å². The first-order valence-electron chi connectivity index (χ1n) is 17.1. The average molecular weight is 765 g/mol. The molecule has 1 unspecified atom stereocenters. The fourth-order valence-corrected chi connectivity index (χ4v) is 6.39. The summed E-state index contributed by atoms with van der Waals surface area (Å²) in [6, 6.07) is 34.8. The molecule has 2 heterocycles. The zero-order chi connectivity index (χ0) is 39.1. The number of hydrogen-bond acceptors (Lipinski definition) is 3. The lowest BCUT2D eigenvalue weighted by Crippen LogP contribution is -2.45. The van der Waals surface area contributed by atoms with Crippen molar-refractivity contribution < 1.29 is 40.0 Å². The molecule has 1 aromatic heterocycles. The molecule has 0 spiro atoms. The van der Waals surface area contributed by atoms with Crippen LogP contribution in [0.25, 0.3) is 33.7 Å². The minimum atomic E-state index is -5.97. The molecule has 0 N–H and O–H groups in total. The summed E-state index contributed by atoms with van der Waals surface area (Å²) in [7, 11) is -0.896. The van der Waals surface area contributed by atoms with Crippen molar-refractivity contribution in [2.45, 2.75) is 50.9 Å². The fourth-order valence-electron chi connectivity index (χ4n) is 6.29. The van der Waals surface area contributed by atoms with Gasteiger partial charge in [-0.05, 0) is 46.7 Å². The number of aromatic nitrogens is 1. The van der Waals surface area contributed by atoms with E-state index in [4.69, 9.17) is 14.3 Å². The van der Waals surface area contributed by atoms with Crippen molar-refractivity contribution in [1.29, 1.82) is 0 Å². The number of aliphatic imine (C=N–C) groups is 1. The zero-order valence-corrected chi connectivity index (χ0v) is 31.0. The maximum absolute atomic E-state index is 14.5. The average Bonchev–Trinajstić information content (AvgIpc) is 3.71. The molecule has 0 aliphatic carbocycles. The Hall–Kier alpha value is -4.51. The van der Waals surface area contributed by atoms with Gasteiger partial charge in [0, 0.05) is 33.6 Å². The van der Waals surface area contributed by atoms with E-state index in [-0.39, 0.29) is 16.8 Å². The van der Waals surface area contributed by atoms with Gasteiger partial charge in [-0.3, -0.25) is 0 Å². The van der Waals surface area contributed by atoms with Crippen LogP contribution in [0.2, 0.25) is 0 Å². The Balaban J connectivity index is 1.70. The number of hydrogen-bond donors (Lipinski definition) is 0. The van der Waals surface area contributed by atoms with Crippen molar-refractivity contribution in [2.24, 2.45) is 4.99 Å². The predicted molar refractivity (Wildman–Crippen MR) is 204 cm³/mol. The van der Waals surface area contributed by atoms with E-state index < -0.39 is 38.2 Å². The van der Waals surface area contributed by atoms with Gasteiger partial charge in [0.25, 0.3) is 5.66 Å². The number of nitrogens with zero attached hydrogens (tertiary/aromatic N) is 2. The molecule has 4 aromatic carbocycles. The van der Waals surface area contributed by atoms with Gasteiger partial charge >= 0.3 is 19.4 Å². The second kappa shape index (κ2) is 15.0. The van der Waals surface area contributed by atoms with Crippen LogP contribution < -0.4 is 0 Å². The first kappa shape index (κ1) is 39.2. The molecule has 0 radical (unpaired) electrons. The quantitative estimate of drug-likeness (QED) is 0.0763. The van der Waals surface area contributed by atoms with Crippen molar-refractivity contribution in [3.63, 3.8) is 0 Å². The molecule has 0 fully saturated rings. The van der Waals surface area contributed by atoms with E-state index in [1.54, 1.807) is 73.7 Å². The SMILES string of the molecule is C/C(=C1/N=C(c2ccccc2)c2ccc(C(C)(C)C)cc21)c1c(-c2ccccc2)cc(-c2ccccc2)n1B(OCC(F)(F)P)OCC(F)(F)C(F)(F)F. The van der Waals surface area contributed by atoms with Crippen LogP contribution in [0.3, 0.4) is 0 Å². The highest BCUT2D eigenvalue weighted by molar-refractivity contribution is 7.18. The molecule has 1 aliphatic rings. The van der Waals surface area contributed by atoms with Gasteiger partial charge in [-0.25, -0.2) is 4.99 Å². The van der Waals surface area contributed by atoms with Gasteiger partial charge < -0.3 is 13.8 Å². The van der Waals surface area contributed by atoms with E-state index >= 15 is 0 Å². The van der Waals surface area contributed by atoms with E-state index in [1.807, 2.05) is 48.5 Å². The normalized spacial score (nSPS) is 14.6. The lowest BCUT2D eigenvalue weighted by atomic mass is 9.84. The number of benzene rings is 4. The second-order valence-corrected chi connectivity index (χ2v) is 14.9. The van der Waals surface area contributed by atoms with Gasteiger partial charge in [-0.2, -0.15) is 30.7 Å². The smallest absolute Gasteiger partial charge is 0.385 e. The van der Waals surface area contributed by atoms with E-state index in [1.165, 1.54) is 13.7 Å². The molecule has 0 bridgehead atoms. The number of alkyl halides is 7. The molecule has 0 saturated carbocycles. The van der Waals surface area contributed by atoms with Gasteiger partial charge in [0.1, 0.15) is 13.2 Å². The Bertz CT molecular complexity index is 2170. The summed E-state index contributed by atoms with van der Waals surface area (Å²) in [6.45, 7) is 4.39. The van der Waals surface area contributed by atoms with Crippen LogP contribution in [0.15, 0.2) is 120 Å². The Morgan fingerprint density at radius 2 is 1.20 bits per heavy atom. The summed E-state index contributed by atoms with van der Waals surface area (Å²) >= 11 is 0. The second-order valence-electron chi connectivity index (χ2n) is 14.1. The standard InChI is InChI=1S/C41H37BF7N2O2P/c1-26(35-33-22-30(38(2,3)4)20-21-31(33)36(50-35)29-18-12-7-13-19-29)37-32(27-14-8-5-9-15-27)23-34(28-16-10-6-11-17-28)51(37)42(53-25-40(45,46)54)52-24-39(43,44)41(47,48)49/h5-23H,24-25,54H2,1-4H3/b35-26-. The molecule has 6 rings (SSSR count). The Kier molecular flexibility index (Phi) is 10.9. The van der Waals surface area contributed by atoms with E-state index in [2.05, 4.69) is 20.8 Å². The molecule has 4 nitrogen and oxygen atoms in total. The highest BCUT2D eigenvalue weighted by Crippen LogP contribution is 2.44. The number of rotatable bonds is 11. The van der Waals surface area contributed by atoms with Crippen molar-refractivity contribution in [2.75, 3.05) is 13.2 Å². The number of halogens is 7. The molecular weight excluding hydrogens is 727 g/mol. The van der Waals surface area contributed by atoms with Gasteiger partial charge in [0.15, 0.2) is 0 Å². The maximum atomic E-state index is 14.5. The minimum absolute atomic E-state index is 0.255. The first-order chi connectivity index (χ1) is 25.4. The molecule has 1 aliphatic heterocycles. The molecule has 1 atom stereocenters. The zero-order valence-electron chi connectivity index (χ0n) is 29.9. The van der Waals surface area contributed by atoms with Crippen molar-refractivity contribution in [1.82, 2.24) is 4.48 Å². The van der Waals surface area contributed by atoms with Crippen molar-refractivity contribution in [3.8, 4) is 22.4 Å². The van der Waals surface area contributed by atoms with Crippen LogP contribution in [-0.2, 0) is 14.7 Å². The maximum Gasteiger partial charge on any atom is 0.598 e. The first-order valence-corrected chi connectivity index (χ1v) is 17.6. The monoisotopic (exact) mass is 764 g/mol. The molecule has 0 amide bonds. The molecule has 0 saturated heterocycles. The number of fused-ring (bicyclic) bond motifs is 1. The molecule has 5 aromatic rings. The van der Waals surface area contributed by atoms with Crippen LogP contribution in [0.1, 0.15) is 55.6 Å². The van der Waals surface area contributed by atoms with Gasteiger partial charge in [0.2, 0.25) is 0 Å². The molecular formula is C41H37BF7N2O2P. The fraction of sp³-hybridized carbons (Fsp3) is 0.244. The summed E-state index contributed by atoms with van der Waals surface area (Å²) < 4.78 is 110. The van der Waals surface area contributed by atoms with Crippen molar-refractivity contribution in [3.05, 3.63) is 143 Å². The Morgan fingerprint density at radius 3 is 1.74 bits per heavy atom. The molecule has 280 valence electrons. The third kappa shape index (κ3) is 8.26. The van der Waals surface area contributed by atoms with E-state index in [0.29, 0.717) is 33.7 Å². The van der Waals surface area contributed by atoms with Crippen LogP contribution in [-0.4, -0.2) is 48.4 Å². The largest absolute Gasteiger partial charge is 0.598 e. The third-order valence-electron chi connectivity index (χ3n) is 9.02. The summed E-state index contributed by atoms with van der Waals surface area (Å²) in [4.78, 5) is 5.15. The lowest BCUT2D eigenvalue weighted by Gasteiger charge is -2.26. The van der Waals surface area contributed by atoms with Crippen LogP contribution in [0, 0.1) is 0 Å². The van der Waals surface area contributed by atoms with Gasteiger partial charge in [-0.15, -0.1) is 0 Å². The predicted octanol–water partition coefficient (Wildman–Crippen LogP) is 11.4. The van der Waals surface area contributed by atoms with Crippen molar-refractivity contribution >= 4 is 33.5 Å².